The number of furan rings is 1. The second-order valence-electron chi connectivity index (χ2n) is 7.56. The molecular weight excluding hydrogens is 373 g/mol. The highest BCUT2D eigenvalue weighted by Crippen LogP contribution is 2.34. The predicted octanol–water partition coefficient (Wildman–Crippen LogP) is 4.11. The van der Waals surface area contributed by atoms with E-state index in [-0.39, 0.29) is 5.82 Å². The molecule has 0 aliphatic carbocycles. The van der Waals surface area contributed by atoms with Crippen LogP contribution in [0.3, 0.4) is 0 Å². The van der Waals surface area contributed by atoms with Crippen molar-refractivity contribution in [3.8, 4) is 0 Å². The lowest BCUT2D eigenvalue weighted by Gasteiger charge is -2.28. The molecule has 29 heavy (non-hydrogen) atoms. The Labute approximate surface area is 166 Å². The first-order chi connectivity index (χ1) is 14.2. The van der Waals surface area contributed by atoms with Crippen molar-refractivity contribution in [3.05, 3.63) is 53.5 Å². The molecule has 0 N–H and O–H groups in total. The lowest BCUT2D eigenvalue weighted by Crippen LogP contribution is -2.36. The van der Waals surface area contributed by atoms with E-state index in [1.807, 2.05) is 12.1 Å². The Morgan fingerprint density at radius 1 is 0.897 bits per heavy atom. The van der Waals surface area contributed by atoms with E-state index in [9.17, 15) is 4.39 Å². The van der Waals surface area contributed by atoms with E-state index in [4.69, 9.17) is 13.6 Å². The molecule has 0 bridgehead atoms. The third-order valence-corrected chi connectivity index (χ3v) is 5.80. The molecule has 148 valence electrons. The van der Waals surface area contributed by atoms with E-state index >= 15 is 0 Å². The minimum atomic E-state index is -0.239. The Balaban J connectivity index is 1.32. The Hall–Kier alpha value is -3.06. The van der Waals surface area contributed by atoms with Crippen molar-refractivity contribution in [2.75, 3.05) is 42.6 Å². The Morgan fingerprint density at radius 2 is 1.79 bits per heavy atom. The summed E-state index contributed by atoms with van der Waals surface area (Å²) in [6.45, 7) is 4.49. The van der Waals surface area contributed by atoms with Crippen molar-refractivity contribution in [3.63, 3.8) is 0 Å². The molecule has 4 heterocycles. The van der Waals surface area contributed by atoms with Gasteiger partial charge in [0.2, 0.25) is 0 Å². The second-order valence-corrected chi connectivity index (χ2v) is 7.56. The van der Waals surface area contributed by atoms with Gasteiger partial charge in [0, 0.05) is 55.3 Å². The van der Waals surface area contributed by atoms with Gasteiger partial charge in [0.05, 0.1) is 13.2 Å². The van der Waals surface area contributed by atoms with Gasteiger partial charge in [-0.25, -0.2) is 4.39 Å². The van der Waals surface area contributed by atoms with Gasteiger partial charge in [-0.2, -0.15) is 4.98 Å². The van der Waals surface area contributed by atoms with E-state index in [0.29, 0.717) is 25.8 Å². The highest BCUT2D eigenvalue weighted by molar-refractivity contribution is 5.84. The molecule has 6 rings (SSSR count). The van der Waals surface area contributed by atoms with E-state index in [1.54, 1.807) is 12.1 Å². The highest BCUT2D eigenvalue weighted by atomic mass is 19.1. The van der Waals surface area contributed by atoms with Crippen molar-refractivity contribution >= 4 is 33.8 Å². The lowest BCUT2D eigenvalue weighted by molar-refractivity contribution is 0.120. The van der Waals surface area contributed by atoms with Crippen LogP contribution in [0.25, 0.3) is 22.1 Å². The molecule has 7 heteroatoms. The second kappa shape index (κ2) is 6.49. The van der Waals surface area contributed by atoms with Crippen LogP contribution < -0.4 is 9.80 Å². The van der Waals surface area contributed by atoms with Crippen molar-refractivity contribution < 1.29 is 18.0 Å². The fraction of sp³-hybridized carbons (Fsp3) is 0.318. The molecule has 2 aliphatic rings. The van der Waals surface area contributed by atoms with E-state index in [1.165, 1.54) is 6.07 Å². The molecule has 0 atom stereocenters. The summed E-state index contributed by atoms with van der Waals surface area (Å²) < 4.78 is 31.1. The summed E-state index contributed by atoms with van der Waals surface area (Å²) in [5.74, 6) is 0.717. The first-order valence-electron chi connectivity index (χ1n) is 9.93. The summed E-state index contributed by atoms with van der Waals surface area (Å²) in [6, 6.07) is 11.5. The predicted molar refractivity (Wildman–Crippen MR) is 108 cm³/mol. The molecule has 1 saturated heterocycles. The van der Waals surface area contributed by atoms with E-state index in [2.05, 4.69) is 20.9 Å². The molecule has 0 radical (unpaired) electrons. The molecule has 0 unspecified atom stereocenters. The Kier molecular flexibility index (Phi) is 3.77. The zero-order valence-corrected chi connectivity index (χ0v) is 15.9. The topological polar surface area (TPSA) is 54.9 Å². The monoisotopic (exact) mass is 393 g/mol. The summed E-state index contributed by atoms with van der Waals surface area (Å²) >= 11 is 0. The minimum Gasteiger partial charge on any atom is -0.461 e. The van der Waals surface area contributed by atoms with E-state index < -0.39 is 0 Å². The maximum Gasteiger partial charge on any atom is 0.298 e. The number of halogens is 1. The summed E-state index contributed by atoms with van der Waals surface area (Å²) in [5, 5.41) is 0.861. The molecule has 1 fully saturated rings. The van der Waals surface area contributed by atoms with Gasteiger partial charge in [-0.15, -0.1) is 0 Å². The van der Waals surface area contributed by atoms with Crippen molar-refractivity contribution in [1.29, 1.82) is 0 Å². The van der Waals surface area contributed by atoms with E-state index in [0.717, 1.165) is 65.1 Å². The number of fused-ring (bicyclic) bond motifs is 4. The van der Waals surface area contributed by atoms with Crippen LogP contribution in [-0.4, -0.2) is 37.8 Å². The Bertz CT molecular complexity index is 1210. The molecular formula is C22H20FN3O3. The molecule has 2 aromatic heterocycles. The van der Waals surface area contributed by atoms with Crippen LogP contribution in [0.1, 0.15) is 11.3 Å². The maximum atomic E-state index is 13.7. The zero-order valence-electron chi connectivity index (χ0n) is 15.9. The first-order valence-corrected chi connectivity index (χ1v) is 9.93. The van der Waals surface area contributed by atoms with Crippen LogP contribution in [0.4, 0.5) is 16.1 Å². The van der Waals surface area contributed by atoms with Crippen LogP contribution >= 0.6 is 0 Å². The summed E-state index contributed by atoms with van der Waals surface area (Å²) in [7, 11) is 0. The van der Waals surface area contributed by atoms with Crippen LogP contribution in [-0.2, 0) is 17.7 Å². The van der Waals surface area contributed by atoms with Crippen molar-refractivity contribution in [2.45, 2.75) is 13.0 Å². The maximum absolute atomic E-state index is 13.7. The number of hydrogen-bond acceptors (Lipinski definition) is 6. The van der Waals surface area contributed by atoms with Gasteiger partial charge in [-0.05, 0) is 30.3 Å². The number of oxazole rings is 1. The van der Waals surface area contributed by atoms with Gasteiger partial charge < -0.3 is 23.4 Å². The summed E-state index contributed by atoms with van der Waals surface area (Å²) in [5.41, 5.74) is 4.51. The molecule has 0 spiro atoms. The molecule has 6 nitrogen and oxygen atoms in total. The molecule has 4 aromatic rings. The average Bonchev–Trinajstić information content (AvgIpc) is 3.34. The summed E-state index contributed by atoms with van der Waals surface area (Å²) in [6.07, 6.45) is 0.791. The van der Waals surface area contributed by atoms with Crippen molar-refractivity contribution in [1.82, 2.24) is 4.98 Å². The summed E-state index contributed by atoms with van der Waals surface area (Å²) in [4.78, 5) is 9.02. The number of rotatable bonds is 2. The van der Waals surface area contributed by atoms with Crippen LogP contribution in [0, 0.1) is 5.82 Å². The fourth-order valence-electron chi connectivity index (χ4n) is 4.26. The number of nitrogens with zero attached hydrogens (tertiary/aromatic N) is 3. The van der Waals surface area contributed by atoms with Crippen molar-refractivity contribution in [2.24, 2.45) is 0 Å². The number of aromatic nitrogens is 1. The molecule has 2 aliphatic heterocycles. The number of morpholine rings is 1. The van der Waals surface area contributed by atoms with Gasteiger partial charge in [0.25, 0.3) is 6.01 Å². The minimum absolute atomic E-state index is 0.239. The van der Waals surface area contributed by atoms with Crippen LogP contribution in [0.15, 0.2) is 45.2 Å². The number of benzene rings is 2. The standard InChI is InChI=1S/C22H20FN3O3/c23-14-1-4-19-16(11-14)17-13-26(6-5-20(17)28-19)15-2-3-18-21(12-15)29-22(24-18)25-7-9-27-10-8-25/h1-4,11-12H,5-10,13H2. The first kappa shape index (κ1) is 16.9. The third kappa shape index (κ3) is 2.84. The highest BCUT2D eigenvalue weighted by Gasteiger charge is 2.24. The quantitative estimate of drug-likeness (QED) is 0.511. The largest absolute Gasteiger partial charge is 0.461 e. The molecule has 0 amide bonds. The van der Waals surface area contributed by atoms with Crippen LogP contribution in [0.5, 0.6) is 0 Å². The van der Waals surface area contributed by atoms with Crippen LogP contribution in [0.2, 0.25) is 0 Å². The van der Waals surface area contributed by atoms with Gasteiger partial charge in [0.1, 0.15) is 22.7 Å². The normalized spacial score (nSPS) is 17.3. The fourth-order valence-corrected chi connectivity index (χ4v) is 4.26. The van der Waals surface area contributed by atoms with Gasteiger partial charge in [-0.1, -0.05) is 0 Å². The average molecular weight is 393 g/mol. The zero-order chi connectivity index (χ0) is 19.4. The Morgan fingerprint density at radius 3 is 2.69 bits per heavy atom. The van der Waals surface area contributed by atoms with Gasteiger partial charge >= 0.3 is 0 Å². The molecule has 0 saturated carbocycles. The molecule has 2 aromatic carbocycles. The SMILES string of the molecule is Fc1ccc2oc3c(c2c1)CN(c1ccc2nc(N4CCOCC4)oc2c1)CC3. The lowest BCUT2D eigenvalue weighted by atomic mass is 10.0. The number of hydrogen-bond donors (Lipinski definition) is 0. The smallest absolute Gasteiger partial charge is 0.298 e. The van der Waals surface area contributed by atoms with Gasteiger partial charge in [0.15, 0.2) is 5.58 Å². The number of ether oxygens (including phenoxy) is 1. The number of anilines is 2. The van der Waals surface area contributed by atoms with Gasteiger partial charge in [-0.3, -0.25) is 0 Å². The third-order valence-electron chi connectivity index (χ3n) is 5.80.